The largest absolute Gasteiger partial charge is 0.278 e. The Hall–Kier alpha value is -1.64. The van der Waals surface area contributed by atoms with Crippen molar-refractivity contribution < 1.29 is 9.59 Å². The molecule has 0 radical (unpaired) electrons. The van der Waals surface area contributed by atoms with E-state index in [1.54, 1.807) is 0 Å². The topological polar surface area (TPSA) is 37.4 Å². The lowest BCUT2D eigenvalue weighted by Gasteiger charge is -2.24. The fourth-order valence-electron chi connectivity index (χ4n) is 4.27. The Balaban J connectivity index is 1.45. The molecule has 0 spiro atoms. The quantitative estimate of drug-likeness (QED) is 0.799. The van der Waals surface area contributed by atoms with Crippen molar-refractivity contribution in [3.63, 3.8) is 0 Å². The van der Waals surface area contributed by atoms with Gasteiger partial charge in [-0.15, -0.1) is 0 Å². The minimum atomic E-state index is -0.00554. The number of imide groups is 1. The number of benzene rings is 1. The zero-order valence-electron chi connectivity index (χ0n) is 13.0. The standard InChI is InChI=1S/C19H23NO2/c21-18-16-10-11-17(16)19(22)20(18)12-13-6-8-15(9-7-13)14-4-2-1-3-5-14/h6-9,14,16-17H,1-5,10-12H2/t16-,17+. The van der Waals surface area contributed by atoms with E-state index in [9.17, 15) is 9.59 Å². The van der Waals surface area contributed by atoms with Crippen molar-refractivity contribution >= 4 is 11.8 Å². The summed E-state index contributed by atoms with van der Waals surface area (Å²) in [7, 11) is 0. The van der Waals surface area contributed by atoms with Crippen molar-refractivity contribution in [3.05, 3.63) is 35.4 Å². The molecule has 116 valence electrons. The number of amides is 2. The van der Waals surface area contributed by atoms with Crippen LogP contribution in [0.15, 0.2) is 24.3 Å². The summed E-state index contributed by atoms with van der Waals surface area (Å²) >= 11 is 0. The molecule has 0 bridgehead atoms. The van der Waals surface area contributed by atoms with E-state index in [-0.39, 0.29) is 23.7 Å². The van der Waals surface area contributed by atoms with Crippen LogP contribution in [0.5, 0.6) is 0 Å². The molecule has 22 heavy (non-hydrogen) atoms. The van der Waals surface area contributed by atoms with E-state index < -0.39 is 0 Å². The molecule has 4 rings (SSSR count). The number of hydrogen-bond acceptors (Lipinski definition) is 2. The summed E-state index contributed by atoms with van der Waals surface area (Å²) in [6.45, 7) is 0.454. The van der Waals surface area contributed by atoms with Gasteiger partial charge in [-0.2, -0.15) is 0 Å². The van der Waals surface area contributed by atoms with Gasteiger partial charge in [-0.25, -0.2) is 0 Å². The van der Waals surface area contributed by atoms with E-state index in [1.807, 2.05) is 0 Å². The van der Waals surface area contributed by atoms with Gasteiger partial charge < -0.3 is 0 Å². The van der Waals surface area contributed by atoms with Gasteiger partial charge in [-0.1, -0.05) is 43.5 Å². The van der Waals surface area contributed by atoms with Crippen molar-refractivity contribution in [2.45, 2.75) is 57.4 Å². The second kappa shape index (κ2) is 5.53. The van der Waals surface area contributed by atoms with Crippen LogP contribution in [-0.4, -0.2) is 16.7 Å². The highest BCUT2D eigenvalue weighted by Crippen LogP contribution is 2.43. The van der Waals surface area contributed by atoms with E-state index >= 15 is 0 Å². The number of nitrogens with zero attached hydrogens (tertiary/aromatic N) is 1. The Kier molecular flexibility index (Phi) is 3.51. The summed E-state index contributed by atoms with van der Waals surface area (Å²) in [4.78, 5) is 25.9. The van der Waals surface area contributed by atoms with Gasteiger partial charge in [0.05, 0.1) is 18.4 Å². The minimum absolute atomic E-state index is 0.00554. The molecule has 3 fully saturated rings. The zero-order chi connectivity index (χ0) is 15.1. The van der Waals surface area contributed by atoms with Gasteiger partial charge in [-0.05, 0) is 42.7 Å². The van der Waals surface area contributed by atoms with Crippen LogP contribution in [-0.2, 0) is 16.1 Å². The van der Waals surface area contributed by atoms with Crippen LogP contribution in [0.1, 0.15) is 62.0 Å². The maximum absolute atomic E-state index is 12.2. The van der Waals surface area contributed by atoms with Gasteiger partial charge in [0.1, 0.15) is 0 Å². The lowest BCUT2D eigenvalue weighted by Crippen LogP contribution is -2.29. The Labute approximate surface area is 131 Å². The average Bonchev–Trinajstić information content (AvgIpc) is 2.67. The third-order valence-electron chi connectivity index (χ3n) is 5.84. The fraction of sp³-hybridized carbons (Fsp3) is 0.579. The van der Waals surface area contributed by atoms with Gasteiger partial charge in [0.25, 0.3) is 0 Å². The van der Waals surface area contributed by atoms with Gasteiger partial charge >= 0.3 is 0 Å². The predicted octanol–water partition coefficient (Wildman–Crippen LogP) is 3.63. The zero-order valence-corrected chi connectivity index (χ0v) is 13.0. The predicted molar refractivity (Wildman–Crippen MR) is 84.0 cm³/mol. The first-order valence-corrected chi connectivity index (χ1v) is 8.68. The number of hydrogen-bond donors (Lipinski definition) is 0. The highest BCUT2D eigenvalue weighted by atomic mass is 16.2. The third kappa shape index (κ3) is 2.27. The summed E-state index contributed by atoms with van der Waals surface area (Å²) in [6, 6.07) is 8.60. The fourth-order valence-corrected chi connectivity index (χ4v) is 4.27. The maximum Gasteiger partial charge on any atom is 0.233 e. The molecule has 2 saturated carbocycles. The van der Waals surface area contributed by atoms with Gasteiger partial charge in [0, 0.05) is 0 Å². The third-order valence-corrected chi connectivity index (χ3v) is 5.84. The smallest absolute Gasteiger partial charge is 0.233 e. The monoisotopic (exact) mass is 297 g/mol. The summed E-state index contributed by atoms with van der Waals surface area (Å²) < 4.78 is 0. The SMILES string of the molecule is O=C1[C@H]2CC[C@H]2C(=O)N1Cc1ccc(C2CCCCC2)cc1. The molecule has 1 aromatic rings. The molecule has 0 unspecified atom stereocenters. The summed E-state index contributed by atoms with van der Waals surface area (Å²) in [5.41, 5.74) is 2.49. The number of carbonyl (C=O) groups excluding carboxylic acids is 2. The first kappa shape index (κ1) is 14.0. The molecular weight excluding hydrogens is 274 g/mol. The Morgan fingerprint density at radius 1 is 0.818 bits per heavy atom. The second-order valence-electron chi connectivity index (χ2n) is 7.13. The van der Waals surface area contributed by atoms with Crippen LogP contribution in [0.25, 0.3) is 0 Å². The number of rotatable bonds is 3. The van der Waals surface area contributed by atoms with Crippen molar-refractivity contribution in [1.29, 1.82) is 0 Å². The van der Waals surface area contributed by atoms with Crippen LogP contribution < -0.4 is 0 Å². The minimum Gasteiger partial charge on any atom is -0.278 e. The second-order valence-corrected chi connectivity index (χ2v) is 7.13. The molecule has 1 heterocycles. The van der Waals surface area contributed by atoms with E-state index in [1.165, 1.54) is 42.6 Å². The van der Waals surface area contributed by atoms with E-state index in [0.29, 0.717) is 12.5 Å². The Bertz CT molecular complexity index is 564. The molecule has 2 atom stereocenters. The van der Waals surface area contributed by atoms with E-state index in [0.717, 1.165) is 18.4 Å². The number of carbonyl (C=O) groups is 2. The molecule has 3 nitrogen and oxygen atoms in total. The molecule has 3 heteroatoms. The van der Waals surface area contributed by atoms with Crippen LogP contribution in [0.4, 0.5) is 0 Å². The van der Waals surface area contributed by atoms with Gasteiger partial charge in [0.2, 0.25) is 11.8 Å². The molecular formula is C19H23NO2. The van der Waals surface area contributed by atoms with Crippen LogP contribution in [0.3, 0.4) is 0 Å². The summed E-state index contributed by atoms with van der Waals surface area (Å²) in [6.07, 6.45) is 8.43. The van der Waals surface area contributed by atoms with Gasteiger partial charge in [-0.3, -0.25) is 14.5 Å². The molecule has 2 amide bonds. The first-order valence-electron chi connectivity index (χ1n) is 8.68. The molecule has 0 N–H and O–H groups in total. The number of fused-ring (bicyclic) bond motifs is 1. The highest BCUT2D eigenvalue weighted by Gasteiger charge is 2.52. The maximum atomic E-state index is 12.2. The molecule has 3 aliphatic rings. The van der Waals surface area contributed by atoms with Crippen molar-refractivity contribution in [1.82, 2.24) is 4.90 Å². The molecule has 1 aliphatic heterocycles. The van der Waals surface area contributed by atoms with Crippen LogP contribution in [0.2, 0.25) is 0 Å². The van der Waals surface area contributed by atoms with E-state index in [2.05, 4.69) is 24.3 Å². The average molecular weight is 297 g/mol. The van der Waals surface area contributed by atoms with E-state index in [4.69, 9.17) is 0 Å². The molecule has 2 aliphatic carbocycles. The Morgan fingerprint density at radius 2 is 1.41 bits per heavy atom. The number of likely N-dealkylation sites (tertiary alicyclic amines) is 1. The summed E-state index contributed by atoms with van der Waals surface area (Å²) in [5, 5.41) is 0. The lowest BCUT2D eigenvalue weighted by molar-refractivity contribution is -0.140. The molecule has 0 aromatic heterocycles. The van der Waals surface area contributed by atoms with Gasteiger partial charge in [0.15, 0.2) is 0 Å². The first-order chi connectivity index (χ1) is 10.7. The van der Waals surface area contributed by atoms with Crippen molar-refractivity contribution in [2.75, 3.05) is 0 Å². The van der Waals surface area contributed by atoms with Crippen LogP contribution in [0, 0.1) is 11.8 Å². The van der Waals surface area contributed by atoms with Crippen LogP contribution >= 0.6 is 0 Å². The molecule has 1 aromatic carbocycles. The normalized spacial score (nSPS) is 28.6. The van der Waals surface area contributed by atoms with Crippen molar-refractivity contribution in [3.8, 4) is 0 Å². The van der Waals surface area contributed by atoms with Crippen molar-refractivity contribution in [2.24, 2.45) is 11.8 Å². The highest BCUT2D eigenvalue weighted by molar-refractivity contribution is 6.06. The summed E-state index contributed by atoms with van der Waals surface area (Å²) in [5.74, 6) is 0.798. The Morgan fingerprint density at radius 3 is 1.95 bits per heavy atom. The molecule has 1 saturated heterocycles. The lowest BCUT2D eigenvalue weighted by atomic mass is 9.76.